The first kappa shape index (κ1) is 19.4. The Labute approximate surface area is 172 Å². The molecule has 0 fully saturated rings. The lowest BCUT2D eigenvalue weighted by Crippen LogP contribution is -2.27. The molecule has 4 rings (SSSR count). The molecule has 2 heterocycles. The number of nitrogens with one attached hydrogen (secondary N) is 3. The Hall–Kier alpha value is -3.88. The topological polar surface area (TPSA) is 111 Å². The van der Waals surface area contributed by atoms with Gasteiger partial charge in [0.15, 0.2) is 11.5 Å². The van der Waals surface area contributed by atoms with E-state index >= 15 is 0 Å². The smallest absolute Gasteiger partial charge is 0.267 e. The van der Waals surface area contributed by atoms with Gasteiger partial charge in [-0.1, -0.05) is 0 Å². The second kappa shape index (κ2) is 8.24. The summed E-state index contributed by atoms with van der Waals surface area (Å²) in [4.78, 5) is 27.7. The summed E-state index contributed by atoms with van der Waals surface area (Å²) in [6, 6.07) is 10.4. The van der Waals surface area contributed by atoms with Crippen LogP contribution in [0.4, 0.5) is 5.69 Å². The summed E-state index contributed by atoms with van der Waals surface area (Å²) in [6.45, 7) is 0.350. The lowest BCUT2D eigenvalue weighted by Gasteiger charge is -2.07. The maximum Gasteiger partial charge on any atom is 0.267 e. The Morgan fingerprint density at radius 1 is 1.03 bits per heavy atom. The quantitative estimate of drug-likeness (QED) is 0.551. The van der Waals surface area contributed by atoms with Gasteiger partial charge >= 0.3 is 0 Å². The maximum absolute atomic E-state index is 12.5. The molecule has 0 atom stereocenters. The van der Waals surface area contributed by atoms with Gasteiger partial charge < -0.3 is 34.6 Å². The molecule has 156 valence electrons. The molecule has 2 aromatic carbocycles. The van der Waals surface area contributed by atoms with Crippen LogP contribution in [-0.4, -0.2) is 44.4 Å². The number of rotatable bonds is 7. The van der Waals surface area contributed by atoms with Gasteiger partial charge in [-0.3, -0.25) is 9.59 Å². The summed E-state index contributed by atoms with van der Waals surface area (Å²) in [5, 5.41) is 6.24. The average molecular weight is 411 g/mol. The molecule has 0 spiro atoms. The van der Waals surface area contributed by atoms with E-state index in [0.717, 1.165) is 5.39 Å². The summed E-state index contributed by atoms with van der Waals surface area (Å²) in [7, 11) is 3.12. The van der Waals surface area contributed by atoms with E-state index in [1.54, 1.807) is 50.6 Å². The van der Waals surface area contributed by atoms with E-state index in [1.165, 1.54) is 0 Å². The van der Waals surface area contributed by atoms with Crippen molar-refractivity contribution in [1.29, 1.82) is 0 Å². The molecule has 0 radical (unpaired) electrons. The van der Waals surface area contributed by atoms with E-state index in [2.05, 4.69) is 15.6 Å². The van der Waals surface area contributed by atoms with Crippen LogP contribution in [0.15, 0.2) is 36.4 Å². The summed E-state index contributed by atoms with van der Waals surface area (Å²) in [5.41, 5.74) is 1.62. The maximum atomic E-state index is 12.5. The van der Waals surface area contributed by atoms with Crippen molar-refractivity contribution in [1.82, 2.24) is 10.3 Å². The van der Waals surface area contributed by atoms with Crippen molar-refractivity contribution in [3.05, 3.63) is 42.1 Å². The van der Waals surface area contributed by atoms with Crippen LogP contribution in [0.3, 0.4) is 0 Å². The number of ether oxygens (including phenoxy) is 4. The second-order valence-corrected chi connectivity index (χ2v) is 6.56. The number of carbonyl (C=O) groups excluding carboxylic acids is 2. The molecule has 9 heteroatoms. The van der Waals surface area contributed by atoms with Gasteiger partial charge in [0.05, 0.1) is 19.7 Å². The zero-order chi connectivity index (χ0) is 21.1. The van der Waals surface area contributed by atoms with Crippen LogP contribution >= 0.6 is 0 Å². The highest BCUT2D eigenvalue weighted by Gasteiger charge is 2.16. The number of aromatic nitrogens is 1. The third-order valence-electron chi connectivity index (χ3n) is 4.69. The van der Waals surface area contributed by atoms with E-state index in [0.29, 0.717) is 39.9 Å². The van der Waals surface area contributed by atoms with Crippen LogP contribution in [0.1, 0.15) is 16.9 Å². The number of hydrogen-bond acceptors (Lipinski definition) is 6. The molecule has 9 nitrogen and oxygen atoms in total. The highest BCUT2D eigenvalue weighted by Crippen LogP contribution is 2.34. The Morgan fingerprint density at radius 3 is 2.60 bits per heavy atom. The Balaban J connectivity index is 1.35. The van der Waals surface area contributed by atoms with Crippen LogP contribution in [0.25, 0.3) is 10.9 Å². The van der Waals surface area contributed by atoms with Crippen molar-refractivity contribution in [2.45, 2.75) is 6.42 Å². The van der Waals surface area contributed by atoms with Gasteiger partial charge in [-0.25, -0.2) is 0 Å². The highest BCUT2D eigenvalue weighted by atomic mass is 16.7. The lowest BCUT2D eigenvalue weighted by atomic mass is 10.2. The third kappa shape index (κ3) is 3.82. The summed E-state index contributed by atoms with van der Waals surface area (Å²) in [5.74, 6) is 1.91. The molecule has 1 aliphatic heterocycles. The monoisotopic (exact) mass is 411 g/mol. The Kier molecular flexibility index (Phi) is 5.34. The standard InChI is InChI=1S/C21H21N3O6/c1-27-15-5-6-17(28-2)20-13(15)10-14(24-20)21(26)22-8-7-19(25)23-12-3-4-16-18(9-12)30-11-29-16/h3-6,9-10,24H,7-8,11H2,1-2H3,(H,22,26)(H,23,25). The number of fused-ring (bicyclic) bond motifs is 2. The number of H-pyrrole nitrogens is 1. The molecule has 3 aromatic rings. The number of hydrogen-bond donors (Lipinski definition) is 3. The normalized spacial score (nSPS) is 11.9. The number of benzene rings is 2. The fourth-order valence-electron chi connectivity index (χ4n) is 3.22. The number of anilines is 1. The van der Waals surface area contributed by atoms with Crippen molar-refractivity contribution < 1.29 is 28.5 Å². The van der Waals surface area contributed by atoms with E-state index in [1.807, 2.05) is 0 Å². The van der Waals surface area contributed by atoms with Crippen molar-refractivity contribution in [3.8, 4) is 23.0 Å². The molecular formula is C21H21N3O6. The molecule has 0 saturated carbocycles. The molecule has 1 aliphatic rings. The molecule has 0 unspecified atom stereocenters. The van der Waals surface area contributed by atoms with Gasteiger partial charge in [-0.05, 0) is 30.3 Å². The largest absolute Gasteiger partial charge is 0.496 e. The molecular weight excluding hydrogens is 390 g/mol. The van der Waals surface area contributed by atoms with Gasteiger partial charge in [-0.2, -0.15) is 0 Å². The van der Waals surface area contributed by atoms with E-state index in [4.69, 9.17) is 18.9 Å². The molecule has 30 heavy (non-hydrogen) atoms. The fourth-order valence-corrected chi connectivity index (χ4v) is 3.22. The van der Waals surface area contributed by atoms with Gasteiger partial charge in [0.2, 0.25) is 12.7 Å². The Bertz CT molecular complexity index is 1070. The van der Waals surface area contributed by atoms with E-state index in [9.17, 15) is 9.59 Å². The lowest BCUT2D eigenvalue weighted by molar-refractivity contribution is -0.116. The van der Waals surface area contributed by atoms with Crippen LogP contribution in [0.5, 0.6) is 23.0 Å². The fraction of sp³-hybridized carbons (Fsp3) is 0.238. The summed E-state index contributed by atoms with van der Waals surface area (Å²) < 4.78 is 21.2. The van der Waals surface area contributed by atoms with Gasteiger partial charge in [0, 0.05) is 30.1 Å². The minimum absolute atomic E-state index is 0.118. The first-order valence-corrected chi connectivity index (χ1v) is 9.30. The first-order chi connectivity index (χ1) is 14.6. The van der Waals surface area contributed by atoms with Crippen LogP contribution in [0, 0.1) is 0 Å². The van der Waals surface area contributed by atoms with Gasteiger partial charge in [0.1, 0.15) is 17.2 Å². The van der Waals surface area contributed by atoms with E-state index in [-0.39, 0.29) is 31.6 Å². The zero-order valence-corrected chi connectivity index (χ0v) is 16.5. The average Bonchev–Trinajstić information content (AvgIpc) is 3.39. The molecule has 0 aliphatic carbocycles. The predicted molar refractivity (Wildman–Crippen MR) is 110 cm³/mol. The number of amides is 2. The van der Waals surface area contributed by atoms with Crippen molar-refractivity contribution >= 4 is 28.4 Å². The number of carbonyl (C=O) groups is 2. The molecule has 0 bridgehead atoms. The third-order valence-corrected chi connectivity index (χ3v) is 4.69. The van der Waals surface area contributed by atoms with E-state index < -0.39 is 0 Å². The Morgan fingerprint density at radius 2 is 1.80 bits per heavy atom. The van der Waals surface area contributed by atoms with Gasteiger partial charge in [0.25, 0.3) is 5.91 Å². The second-order valence-electron chi connectivity index (χ2n) is 6.56. The molecule has 0 saturated heterocycles. The SMILES string of the molecule is COc1ccc(OC)c2[nH]c(C(=O)NCCC(=O)Nc3ccc4c(c3)OCO4)cc12. The van der Waals surface area contributed by atoms with Crippen molar-refractivity contribution in [2.75, 3.05) is 32.9 Å². The number of aromatic amines is 1. The van der Waals surface area contributed by atoms with Crippen LogP contribution in [-0.2, 0) is 4.79 Å². The van der Waals surface area contributed by atoms with Crippen LogP contribution < -0.4 is 29.6 Å². The first-order valence-electron chi connectivity index (χ1n) is 9.30. The van der Waals surface area contributed by atoms with Gasteiger partial charge in [-0.15, -0.1) is 0 Å². The molecule has 1 aromatic heterocycles. The number of methoxy groups -OCH3 is 2. The highest BCUT2D eigenvalue weighted by molar-refractivity contribution is 6.01. The molecule has 3 N–H and O–H groups in total. The summed E-state index contributed by atoms with van der Waals surface area (Å²) in [6.07, 6.45) is 0.118. The minimum Gasteiger partial charge on any atom is -0.496 e. The molecule has 2 amide bonds. The van der Waals surface area contributed by atoms with Crippen LogP contribution in [0.2, 0.25) is 0 Å². The van der Waals surface area contributed by atoms with Crippen molar-refractivity contribution in [2.24, 2.45) is 0 Å². The summed E-state index contributed by atoms with van der Waals surface area (Å²) >= 11 is 0. The minimum atomic E-state index is -0.328. The van der Waals surface area contributed by atoms with Crippen molar-refractivity contribution in [3.63, 3.8) is 0 Å². The predicted octanol–water partition coefficient (Wildman–Crippen LogP) is 2.67. The zero-order valence-electron chi connectivity index (χ0n) is 16.5.